The van der Waals surface area contributed by atoms with Gasteiger partial charge in [-0.2, -0.15) is 0 Å². The Morgan fingerprint density at radius 3 is 2.89 bits per heavy atom. The summed E-state index contributed by atoms with van der Waals surface area (Å²) in [5.41, 5.74) is 11.0. The van der Waals surface area contributed by atoms with Crippen molar-refractivity contribution in [3.8, 4) is 0 Å². The molecule has 0 aliphatic heterocycles. The van der Waals surface area contributed by atoms with Crippen LogP contribution in [0.25, 0.3) is 0 Å². The van der Waals surface area contributed by atoms with E-state index in [9.17, 15) is 0 Å². The lowest BCUT2D eigenvalue weighted by molar-refractivity contribution is 0.875. The summed E-state index contributed by atoms with van der Waals surface area (Å²) in [6, 6.07) is 0. The number of allylic oxidation sites excluding steroid dienone is 1. The average Bonchev–Trinajstić information content (AvgIpc) is 1.80. The van der Waals surface area contributed by atoms with Gasteiger partial charge in [-0.05, 0) is 6.92 Å². The Balaban J connectivity index is 3.20. The zero-order valence-electron chi connectivity index (χ0n) is 5.46. The molecule has 0 atom stereocenters. The summed E-state index contributed by atoms with van der Waals surface area (Å²) in [5, 5.41) is 2.82. The number of hydrogen-bond acceptors (Lipinski definition) is 3. The van der Waals surface area contributed by atoms with Gasteiger partial charge in [0, 0.05) is 11.9 Å². The van der Waals surface area contributed by atoms with Crippen LogP contribution in [0.2, 0.25) is 0 Å². The average molecular weight is 128 g/mol. The van der Waals surface area contributed by atoms with Crippen molar-refractivity contribution in [3.05, 3.63) is 11.9 Å². The largest absolute Gasteiger partial charge is 0.401 e. The van der Waals surface area contributed by atoms with Gasteiger partial charge in [0.25, 0.3) is 0 Å². The second kappa shape index (κ2) is 4.96. The van der Waals surface area contributed by atoms with Crippen LogP contribution < -0.4 is 16.8 Å². The van der Waals surface area contributed by atoms with E-state index in [1.165, 1.54) is 6.34 Å². The van der Waals surface area contributed by atoms with Crippen LogP contribution in [-0.2, 0) is 0 Å². The van der Waals surface area contributed by atoms with E-state index in [0.717, 1.165) is 5.70 Å². The highest BCUT2D eigenvalue weighted by Crippen LogP contribution is 1.72. The maximum Gasteiger partial charge on any atom is 0.109 e. The molecule has 0 aliphatic rings. The highest BCUT2D eigenvalue weighted by molar-refractivity contribution is 5.50. The van der Waals surface area contributed by atoms with E-state index in [4.69, 9.17) is 11.5 Å². The molecule has 52 valence electrons. The molecule has 0 bridgehead atoms. The van der Waals surface area contributed by atoms with Crippen molar-refractivity contribution in [1.29, 1.82) is 0 Å². The zero-order valence-corrected chi connectivity index (χ0v) is 5.46. The summed E-state index contributed by atoms with van der Waals surface area (Å²) in [7, 11) is 0. The third-order valence-electron chi connectivity index (χ3n) is 0.618. The molecule has 0 aliphatic carbocycles. The number of hydrogen-bond donors (Lipinski definition) is 3. The van der Waals surface area contributed by atoms with Gasteiger partial charge in [0.05, 0.1) is 6.34 Å². The molecule has 4 nitrogen and oxygen atoms in total. The maximum absolute atomic E-state index is 5.29. The molecule has 0 amide bonds. The predicted molar refractivity (Wildman–Crippen MR) is 38.6 cm³/mol. The van der Waals surface area contributed by atoms with Gasteiger partial charge in [0.2, 0.25) is 0 Å². The molecule has 5 N–H and O–H groups in total. The van der Waals surface area contributed by atoms with Crippen LogP contribution in [0.3, 0.4) is 0 Å². The van der Waals surface area contributed by atoms with Crippen LogP contribution in [0.4, 0.5) is 0 Å². The smallest absolute Gasteiger partial charge is 0.109 e. The van der Waals surface area contributed by atoms with E-state index < -0.39 is 0 Å². The standard InChI is InChI=1S/C5H12N4/c1-5(7)2-8-4-9-3-6/h2-3,8H,4,7H2,1H3,(H2,6,9)/b5-2+. The number of rotatable bonds is 3. The fourth-order valence-electron chi connectivity index (χ4n) is 0.312. The summed E-state index contributed by atoms with van der Waals surface area (Å²) in [6.45, 7) is 2.27. The molecule has 0 unspecified atom stereocenters. The van der Waals surface area contributed by atoms with E-state index in [1.54, 1.807) is 13.1 Å². The van der Waals surface area contributed by atoms with Crippen LogP contribution in [0.1, 0.15) is 6.92 Å². The van der Waals surface area contributed by atoms with E-state index in [2.05, 4.69) is 10.3 Å². The number of nitrogens with zero attached hydrogens (tertiary/aromatic N) is 1. The van der Waals surface area contributed by atoms with E-state index in [-0.39, 0.29) is 0 Å². The summed E-state index contributed by atoms with van der Waals surface area (Å²) >= 11 is 0. The van der Waals surface area contributed by atoms with Gasteiger partial charge in [-0.15, -0.1) is 0 Å². The van der Waals surface area contributed by atoms with Gasteiger partial charge in [0.15, 0.2) is 0 Å². The highest BCUT2D eigenvalue weighted by Gasteiger charge is 1.73. The van der Waals surface area contributed by atoms with Crippen molar-refractivity contribution in [1.82, 2.24) is 5.32 Å². The number of nitrogens with one attached hydrogen (secondary N) is 1. The summed E-state index contributed by atoms with van der Waals surface area (Å²) < 4.78 is 0. The molecule has 9 heavy (non-hydrogen) atoms. The Morgan fingerprint density at radius 1 is 1.78 bits per heavy atom. The minimum absolute atomic E-state index is 0.477. The molecule has 0 fully saturated rings. The molecule has 0 saturated carbocycles. The number of nitrogens with two attached hydrogens (primary N) is 2. The van der Waals surface area contributed by atoms with Crippen molar-refractivity contribution in [2.24, 2.45) is 16.5 Å². The van der Waals surface area contributed by atoms with E-state index >= 15 is 0 Å². The lowest BCUT2D eigenvalue weighted by Gasteiger charge is -1.93. The Kier molecular flexibility index (Phi) is 4.30. The molecule has 0 aromatic heterocycles. The van der Waals surface area contributed by atoms with Crippen LogP contribution in [0, 0.1) is 0 Å². The first-order chi connectivity index (χ1) is 4.27. The predicted octanol–water partition coefficient (Wildman–Crippen LogP) is -0.659. The summed E-state index contributed by atoms with van der Waals surface area (Å²) in [5.74, 6) is 0. The van der Waals surface area contributed by atoms with Gasteiger partial charge in [-0.25, -0.2) is 0 Å². The van der Waals surface area contributed by atoms with Crippen molar-refractivity contribution in [2.45, 2.75) is 6.92 Å². The molecule has 0 spiro atoms. The second-order valence-electron chi connectivity index (χ2n) is 1.58. The van der Waals surface area contributed by atoms with Crippen molar-refractivity contribution in [3.63, 3.8) is 0 Å². The first kappa shape index (κ1) is 7.81. The van der Waals surface area contributed by atoms with Crippen LogP contribution in [0.15, 0.2) is 16.9 Å². The minimum Gasteiger partial charge on any atom is -0.401 e. The van der Waals surface area contributed by atoms with Crippen molar-refractivity contribution >= 4 is 6.34 Å². The maximum atomic E-state index is 5.29. The molecule has 0 aromatic rings. The third-order valence-corrected chi connectivity index (χ3v) is 0.618. The van der Waals surface area contributed by atoms with Gasteiger partial charge >= 0.3 is 0 Å². The lowest BCUT2D eigenvalue weighted by atomic mass is 10.6. The Hall–Kier alpha value is -1.19. The van der Waals surface area contributed by atoms with Gasteiger partial charge in [0.1, 0.15) is 6.67 Å². The monoisotopic (exact) mass is 128 g/mol. The van der Waals surface area contributed by atoms with Gasteiger partial charge in [-0.3, -0.25) is 4.99 Å². The zero-order chi connectivity index (χ0) is 7.11. The van der Waals surface area contributed by atoms with Crippen molar-refractivity contribution < 1.29 is 0 Å². The van der Waals surface area contributed by atoms with Crippen LogP contribution in [0.5, 0.6) is 0 Å². The molecular formula is C5H12N4. The Bertz CT molecular complexity index is 112. The molecule has 0 aromatic carbocycles. The molecule has 0 radical (unpaired) electrons. The first-order valence-electron chi connectivity index (χ1n) is 2.63. The SMILES string of the molecule is C/C(N)=C\NCN=CN. The highest BCUT2D eigenvalue weighted by atomic mass is 15.0. The Labute approximate surface area is 54.6 Å². The van der Waals surface area contributed by atoms with Crippen molar-refractivity contribution in [2.75, 3.05) is 6.67 Å². The van der Waals surface area contributed by atoms with E-state index in [0.29, 0.717) is 6.67 Å². The van der Waals surface area contributed by atoms with Gasteiger partial charge < -0.3 is 16.8 Å². The second-order valence-corrected chi connectivity index (χ2v) is 1.58. The summed E-state index contributed by atoms with van der Waals surface area (Å²) in [4.78, 5) is 3.69. The molecule has 4 heteroatoms. The topological polar surface area (TPSA) is 76.4 Å². The number of aliphatic imine (C=N–C) groups is 1. The minimum atomic E-state index is 0.477. The third kappa shape index (κ3) is 6.81. The van der Waals surface area contributed by atoms with Gasteiger partial charge in [-0.1, -0.05) is 0 Å². The fourth-order valence-corrected chi connectivity index (χ4v) is 0.312. The Morgan fingerprint density at radius 2 is 2.44 bits per heavy atom. The summed E-state index contributed by atoms with van der Waals surface area (Å²) in [6.07, 6.45) is 2.92. The molecule has 0 heterocycles. The molecule has 0 saturated heterocycles. The lowest BCUT2D eigenvalue weighted by Crippen LogP contribution is -2.09. The fraction of sp³-hybridized carbons (Fsp3) is 0.400. The normalized spacial score (nSPS) is 12.3. The quantitative estimate of drug-likeness (QED) is 0.268. The van der Waals surface area contributed by atoms with Crippen LogP contribution >= 0.6 is 0 Å². The van der Waals surface area contributed by atoms with Crippen LogP contribution in [-0.4, -0.2) is 13.0 Å². The molecule has 0 rings (SSSR count). The van der Waals surface area contributed by atoms with E-state index in [1.807, 2.05) is 0 Å². The molecular weight excluding hydrogens is 116 g/mol. The first-order valence-corrected chi connectivity index (χ1v) is 2.63.